The number of rotatable bonds is 4. The van der Waals surface area contributed by atoms with Crippen molar-refractivity contribution in [3.63, 3.8) is 0 Å². The summed E-state index contributed by atoms with van der Waals surface area (Å²) in [4.78, 5) is 0. The average Bonchev–Trinajstić information content (AvgIpc) is 2.38. The van der Waals surface area contributed by atoms with Gasteiger partial charge >= 0.3 is 0 Å². The van der Waals surface area contributed by atoms with E-state index in [0.717, 1.165) is 11.1 Å². The van der Waals surface area contributed by atoms with Crippen LogP contribution in [0.1, 0.15) is 17.2 Å². The molecule has 100 valence electrons. The number of hydrogen-bond acceptors (Lipinski definition) is 1. The van der Waals surface area contributed by atoms with Gasteiger partial charge in [-0.15, -0.1) is 0 Å². The zero-order chi connectivity index (χ0) is 13.8. The Balaban J connectivity index is 2.24. The molecule has 2 aromatic rings. The second kappa shape index (κ2) is 6.38. The smallest absolute Gasteiger partial charge is 0.123 e. The van der Waals surface area contributed by atoms with Crippen LogP contribution in [-0.2, 0) is 6.42 Å². The van der Waals surface area contributed by atoms with E-state index in [0.29, 0.717) is 16.5 Å². The lowest BCUT2D eigenvalue weighted by Crippen LogP contribution is -2.19. The van der Waals surface area contributed by atoms with Gasteiger partial charge in [0.15, 0.2) is 0 Å². The Kier molecular flexibility index (Phi) is 4.81. The minimum atomic E-state index is -0.236. The van der Waals surface area contributed by atoms with Crippen LogP contribution in [0.25, 0.3) is 0 Å². The van der Waals surface area contributed by atoms with Crippen LogP contribution < -0.4 is 5.32 Å². The first-order valence-corrected chi connectivity index (χ1v) is 6.72. The van der Waals surface area contributed by atoms with Crippen molar-refractivity contribution in [2.45, 2.75) is 12.5 Å². The standard InChI is InChI=1S/C15H14Cl2FN/c1-19-15(11-3-2-4-13(18)7-11)8-10-5-6-12(16)9-14(10)17/h2-7,9,15,19H,8H2,1H3. The molecule has 0 spiro atoms. The van der Waals surface area contributed by atoms with Crippen molar-refractivity contribution in [2.75, 3.05) is 7.05 Å². The van der Waals surface area contributed by atoms with E-state index in [9.17, 15) is 4.39 Å². The predicted molar refractivity (Wildman–Crippen MR) is 78.4 cm³/mol. The van der Waals surface area contributed by atoms with Gasteiger partial charge in [0, 0.05) is 16.1 Å². The van der Waals surface area contributed by atoms with Gasteiger partial charge < -0.3 is 5.32 Å². The van der Waals surface area contributed by atoms with Gasteiger partial charge in [-0.05, 0) is 48.9 Å². The predicted octanol–water partition coefficient (Wildman–Crippen LogP) is 4.64. The lowest BCUT2D eigenvalue weighted by Gasteiger charge is -2.17. The molecular formula is C15H14Cl2FN. The Labute approximate surface area is 122 Å². The van der Waals surface area contributed by atoms with Crippen LogP contribution in [0.5, 0.6) is 0 Å². The van der Waals surface area contributed by atoms with Crippen LogP contribution in [0, 0.1) is 5.82 Å². The quantitative estimate of drug-likeness (QED) is 0.867. The summed E-state index contributed by atoms with van der Waals surface area (Å²) in [6.07, 6.45) is 0.677. The van der Waals surface area contributed by atoms with Crippen LogP contribution in [0.4, 0.5) is 4.39 Å². The van der Waals surface area contributed by atoms with E-state index in [1.54, 1.807) is 18.2 Å². The molecule has 19 heavy (non-hydrogen) atoms. The maximum Gasteiger partial charge on any atom is 0.123 e. The summed E-state index contributed by atoms with van der Waals surface area (Å²) in [5.41, 5.74) is 1.88. The molecule has 0 aliphatic carbocycles. The highest BCUT2D eigenvalue weighted by molar-refractivity contribution is 6.35. The molecule has 0 aliphatic heterocycles. The third-order valence-corrected chi connectivity index (χ3v) is 3.63. The Hall–Kier alpha value is -1.09. The van der Waals surface area contributed by atoms with Gasteiger partial charge in [0.05, 0.1) is 0 Å². The molecule has 0 bridgehead atoms. The van der Waals surface area contributed by atoms with Gasteiger partial charge in [-0.3, -0.25) is 0 Å². The van der Waals surface area contributed by atoms with Crippen LogP contribution in [-0.4, -0.2) is 7.05 Å². The minimum Gasteiger partial charge on any atom is -0.313 e. The summed E-state index contributed by atoms with van der Waals surface area (Å²) in [6, 6.07) is 12.0. The van der Waals surface area contributed by atoms with Crippen molar-refractivity contribution in [2.24, 2.45) is 0 Å². The van der Waals surface area contributed by atoms with Gasteiger partial charge in [0.2, 0.25) is 0 Å². The second-order valence-electron chi connectivity index (χ2n) is 4.34. The molecule has 0 aromatic heterocycles. The van der Waals surface area contributed by atoms with Gasteiger partial charge in [-0.1, -0.05) is 41.4 Å². The second-order valence-corrected chi connectivity index (χ2v) is 5.18. The molecule has 1 unspecified atom stereocenters. The lowest BCUT2D eigenvalue weighted by atomic mass is 9.99. The molecule has 0 aliphatic rings. The van der Waals surface area contributed by atoms with Crippen LogP contribution in [0.15, 0.2) is 42.5 Å². The zero-order valence-electron chi connectivity index (χ0n) is 10.5. The first-order chi connectivity index (χ1) is 9.10. The van der Waals surface area contributed by atoms with E-state index >= 15 is 0 Å². The Morgan fingerprint density at radius 1 is 1.16 bits per heavy atom. The highest BCUT2D eigenvalue weighted by Crippen LogP contribution is 2.26. The largest absolute Gasteiger partial charge is 0.313 e. The molecule has 0 saturated carbocycles. The number of nitrogens with one attached hydrogen (secondary N) is 1. The first-order valence-electron chi connectivity index (χ1n) is 5.97. The molecule has 1 atom stereocenters. The number of hydrogen-bond donors (Lipinski definition) is 1. The number of likely N-dealkylation sites (N-methyl/N-ethyl adjacent to an activating group) is 1. The highest BCUT2D eigenvalue weighted by Gasteiger charge is 2.13. The molecule has 0 fully saturated rings. The molecule has 0 saturated heterocycles. The molecule has 4 heteroatoms. The monoisotopic (exact) mass is 297 g/mol. The van der Waals surface area contributed by atoms with Crippen molar-refractivity contribution >= 4 is 23.2 Å². The van der Waals surface area contributed by atoms with Crippen molar-refractivity contribution in [1.29, 1.82) is 0 Å². The fraction of sp³-hybridized carbons (Fsp3) is 0.200. The summed E-state index contributed by atoms with van der Waals surface area (Å²) < 4.78 is 13.3. The molecule has 1 nitrogen and oxygen atoms in total. The van der Waals surface area contributed by atoms with Gasteiger partial charge in [0.25, 0.3) is 0 Å². The topological polar surface area (TPSA) is 12.0 Å². The lowest BCUT2D eigenvalue weighted by molar-refractivity contribution is 0.577. The summed E-state index contributed by atoms with van der Waals surface area (Å²) >= 11 is 12.0. The van der Waals surface area contributed by atoms with Crippen molar-refractivity contribution in [1.82, 2.24) is 5.32 Å². The molecule has 2 rings (SSSR count). The van der Waals surface area contributed by atoms with Gasteiger partial charge in [0.1, 0.15) is 5.82 Å². The van der Waals surface area contributed by atoms with Gasteiger partial charge in [-0.2, -0.15) is 0 Å². The minimum absolute atomic E-state index is 0.00868. The maximum absolute atomic E-state index is 13.3. The molecule has 0 amide bonds. The van der Waals surface area contributed by atoms with Crippen molar-refractivity contribution < 1.29 is 4.39 Å². The number of benzene rings is 2. The first kappa shape index (κ1) is 14.3. The maximum atomic E-state index is 13.3. The fourth-order valence-electron chi connectivity index (χ4n) is 2.02. The Morgan fingerprint density at radius 3 is 2.58 bits per heavy atom. The average molecular weight is 298 g/mol. The molecule has 0 heterocycles. The van der Waals surface area contributed by atoms with E-state index in [1.165, 1.54) is 12.1 Å². The summed E-state index contributed by atoms with van der Waals surface area (Å²) in [7, 11) is 1.85. The highest BCUT2D eigenvalue weighted by atomic mass is 35.5. The Morgan fingerprint density at radius 2 is 1.95 bits per heavy atom. The van der Waals surface area contributed by atoms with Gasteiger partial charge in [-0.25, -0.2) is 4.39 Å². The molecule has 1 N–H and O–H groups in total. The molecule has 0 radical (unpaired) electrons. The van der Waals surface area contributed by atoms with Crippen molar-refractivity contribution in [3.05, 3.63) is 69.5 Å². The summed E-state index contributed by atoms with van der Waals surface area (Å²) in [5, 5.41) is 4.42. The van der Waals surface area contributed by atoms with E-state index in [2.05, 4.69) is 5.32 Å². The van der Waals surface area contributed by atoms with E-state index in [4.69, 9.17) is 23.2 Å². The Bertz CT molecular complexity index is 572. The normalized spacial score (nSPS) is 12.4. The zero-order valence-corrected chi connectivity index (χ0v) is 12.0. The van der Waals surface area contributed by atoms with E-state index in [1.807, 2.05) is 19.2 Å². The van der Waals surface area contributed by atoms with E-state index < -0.39 is 0 Å². The fourth-order valence-corrected chi connectivity index (χ4v) is 2.50. The molecule has 2 aromatic carbocycles. The van der Waals surface area contributed by atoms with E-state index in [-0.39, 0.29) is 11.9 Å². The molecular weight excluding hydrogens is 284 g/mol. The van der Waals surface area contributed by atoms with Crippen LogP contribution >= 0.6 is 23.2 Å². The summed E-state index contributed by atoms with van der Waals surface area (Å²) in [5.74, 6) is -0.236. The van der Waals surface area contributed by atoms with Crippen molar-refractivity contribution in [3.8, 4) is 0 Å². The SMILES string of the molecule is CNC(Cc1ccc(Cl)cc1Cl)c1cccc(F)c1. The third-order valence-electron chi connectivity index (χ3n) is 3.04. The third kappa shape index (κ3) is 3.69. The summed E-state index contributed by atoms with van der Waals surface area (Å²) in [6.45, 7) is 0. The van der Waals surface area contributed by atoms with Crippen LogP contribution in [0.2, 0.25) is 10.0 Å². The van der Waals surface area contributed by atoms with Crippen LogP contribution in [0.3, 0.4) is 0 Å². The number of halogens is 3.